The van der Waals surface area contributed by atoms with Gasteiger partial charge >= 0.3 is 0 Å². The quantitative estimate of drug-likeness (QED) is 0.777. The van der Waals surface area contributed by atoms with Gasteiger partial charge in [-0.15, -0.1) is 0 Å². The maximum Gasteiger partial charge on any atom is 0.167 e. The number of rotatable bonds is 4. The first-order valence-electron chi connectivity index (χ1n) is 6.33. The van der Waals surface area contributed by atoms with Crippen molar-refractivity contribution in [2.75, 3.05) is 7.11 Å². The van der Waals surface area contributed by atoms with Crippen molar-refractivity contribution in [3.8, 4) is 5.75 Å². The third kappa shape index (κ3) is 3.22. The van der Waals surface area contributed by atoms with Crippen LogP contribution in [-0.2, 0) is 6.42 Å². The number of ether oxygens (including phenoxy) is 1. The van der Waals surface area contributed by atoms with Gasteiger partial charge in [0.15, 0.2) is 5.78 Å². The highest BCUT2D eigenvalue weighted by atomic mass is 16.5. The van der Waals surface area contributed by atoms with E-state index >= 15 is 0 Å². The van der Waals surface area contributed by atoms with E-state index in [1.54, 1.807) is 7.11 Å². The molecule has 98 valence electrons. The van der Waals surface area contributed by atoms with Crippen molar-refractivity contribution >= 4 is 5.78 Å². The van der Waals surface area contributed by atoms with Gasteiger partial charge in [0.25, 0.3) is 0 Å². The Hall–Kier alpha value is -2.09. The first-order valence-corrected chi connectivity index (χ1v) is 6.33. The van der Waals surface area contributed by atoms with E-state index in [-0.39, 0.29) is 5.78 Å². The first kappa shape index (κ1) is 13.3. The monoisotopic (exact) mass is 254 g/mol. The standard InChI is InChI=1S/C17H18O2/c1-12-7-8-13(2)16(9-12)17(18)11-14-5-4-6-15(10-14)19-3/h4-10H,11H2,1-3H3. The summed E-state index contributed by atoms with van der Waals surface area (Å²) in [6.45, 7) is 3.97. The molecule has 0 saturated heterocycles. The second kappa shape index (κ2) is 5.70. The molecule has 0 unspecified atom stereocenters. The lowest BCUT2D eigenvalue weighted by molar-refractivity contribution is 0.0992. The summed E-state index contributed by atoms with van der Waals surface area (Å²) in [5.41, 5.74) is 3.92. The van der Waals surface area contributed by atoms with E-state index in [2.05, 4.69) is 0 Å². The molecule has 0 N–H and O–H groups in total. The van der Waals surface area contributed by atoms with Crippen LogP contribution in [0.3, 0.4) is 0 Å². The lowest BCUT2D eigenvalue weighted by Gasteiger charge is -2.07. The van der Waals surface area contributed by atoms with Crippen LogP contribution in [0.2, 0.25) is 0 Å². The number of methoxy groups -OCH3 is 1. The molecule has 0 saturated carbocycles. The molecule has 19 heavy (non-hydrogen) atoms. The number of carbonyl (C=O) groups excluding carboxylic acids is 1. The third-order valence-corrected chi connectivity index (χ3v) is 3.19. The van der Waals surface area contributed by atoms with E-state index in [9.17, 15) is 4.79 Å². The van der Waals surface area contributed by atoms with Crippen LogP contribution in [0, 0.1) is 13.8 Å². The van der Waals surface area contributed by atoms with Crippen molar-refractivity contribution in [1.82, 2.24) is 0 Å². The van der Waals surface area contributed by atoms with Gasteiger partial charge in [0.1, 0.15) is 5.75 Å². The molecule has 0 spiro atoms. The summed E-state index contributed by atoms with van der Waals surface area (Å²) in [5.74, 6) is 0.931. The van der Waals surface area contributed by atoms with Gasteiger partial charge in [0, 0.05) is 12.0 Å². The third-order valence-electron chi connectivity index (χ3n) is 3.19. The summed E-state index contributed by atoms with van der Waals surface area (Å²) >= 11 is 0. The summed E-state index contributed by atoms with van der Waals surface area (Å²) in [7, 11) is 1.63. The van der Waals surface area contributed by atoms with E-state index < -0.39 is 0 Å². The minimum absolute atomic E-state index is 0.148. The number of ketones is 1. The van der Waals surface area contributed by atoms with E-state index in [0.29, 0.717) is 6.42 Å². The first-order chi connectivity index (χ1) is 9.10. The SMILES string of the molecule is COc1cccc(CC(=O)c2cc(C)ccc2C)c1. The summed E-state index contributed by atoms with van der Waals surface area (Å²) in [6, 6.07) is 13.6. The zero-order valence-electron chi connectivity index (χ0n) is 11.6. The molecule has 0 aliphatic heterocycles. The number of aryl methyl sites for hydroxylation is 2. The molecule has 2 heteroatoms. The minimum atomic E-state index is 0.148. The van der Waals surface area contributed by atoms with E-state index in [4.69, 9.17) is 4.74 Å². The van der Waals surface area contributed by atoms with Crippen molar-refractivity contribution in [3.63, 3.8) is 0 Å². The fourth-order valence-electron chi connectivity index (χ4n) is 2.10. The Balaban J connectivity index is 2.23. The van der Waals surface area contributed by atoms with Crippen LogP contribution >= 0.6 is 0 Å². The molecular weight excluding hydrogens is 236 g/mol. The molecule has 0 heterocycles. The summed E-state index contributed by atoms with van der Waals surface area (Å²) in [6.07, 6.45) is 0.404. The predicted molar refractivity (Wildman–Crippen MR) is 76.9 cm³/mol. The number of hydrogen-bond acceptors (Lipinski definition) is 2. The van der Waals surface area contributed by atoms with Crippen molar-refractivity contribution in [2.24, 2.45) is 0 Å². The lowest BCUT2D eigenvalue weighted by atomic mass is 9.97. The fraction of sp³-hybridized carbons (Fsp3) is 0.235. The van der Waals surface area contributed by atoms with Crippen molar-refractivity contribution in [1.29, 1.82) is 0 Å². The predicted octanol–water partition coefficient (Wildman–Crippen LogP) is 3.74. The van der Waals surface area contributed by atoms with Crippen LogP contribution in [0.25, 0.3) is 0 Å². The molecule has 0 aromatic heterocycles. The molecule has 0 bridgehead atoms. The molecule has 0 radical (unpaired) electrons. The van der Waals surface area contributed by atoms with E-state index in [1.165, 1.54) is 0 Å². The Kier molecular flexibility index (Phi) is 4.00. The van der Waals surface area contributed by atoms with Gasteiger partial charge in [-0.2, -0.15) is 0 Å². The molecule has 2 aromatic rings. The Morgan fingerprint density at radius 1 is 1.11 bits per heavy atom. The summed E-state index contributed by atoms with van der Waals surface area (Å²) in [4.78, 5) is 12.3. The molecule has 2 rings (SSSR count). The Labute approximate surface area is 114 Å². The van der Waals surface area contributed by atoms with Crippen LogP contribution in [0.5, 0.6) is 5.75 Å². The van der Waals surface area contributed by atoms with Gasteiger partial charge in [0.05, 0.1) is 7.11 Å². The van der Waals surface area contributed by atoms with Gasteiger partial charge in [-0.05, 0) is 43.2 Å². The Morgan fingerprint density at radius 2 is 1.89 bits per heavy atom. The van der Waals surface area contributed by atoms with Crippen molar-refractivity contribution < 1.29 is 9.53 Å². The summed E-state index contributed by atoms with van der Waals surface area (Å²) in [5, 5.41) is 0. The highest BCUT2D eigenvalue weighted by Crippen LogP contribution is 2.17. The molecule has 2 aromatic carbocycles. The maximum atomic E-state index is 12.3. The number of Topliss-reactive ketones (excluding diaryl/α,β-unsaturated/α-hetero) is 1. The van der Waals surface area contributed by atoms with E-state index in [1.807, 2.05) is 56.3 Å². The van der Waals surface area contributed by atoms with Crippen LogP contribution in [0.4, 0.5) is 0 Å². The van der Waals surface area contributed by atoms with Crippen LogP contribution in [0.1, 0.15) is 27.0 Å². The maximum absolute atomic E-state index is 12.3. The molecule has 0 fully saturated rings. The Morgan fingerprint density at radius 3 is 2.63 bits per heavy atom. The minimum Gasteiger partial charge on any atom is -0.497 e. The normalized spacial score (nSPS) is 10.3. The van der Waals surface area contributed by atoms with Gasteiger partial charge in [-0.3, -0.25) is 4.79 Å². The molecular formula is C17H18O2. The average molecular weight is 254 g/mol. The van der Waals surface area contributed by atoms with Gasteiger partial charge in [-0.25, -0.2) is 0 Å². The highest BCUT2D eigenvalue weighted by Gasteiger charge is 2.10. The second-order valence-electron chi connectivity index (χ2n) is 4.77. The second-order valence-corrected chi connectivity index (χ2v) is 4.77. The largest absolute Gasteiger partial charge is 0.497 e. The molecule has 0 amide bonds. The van der Waals surface area contributed by atoms with E-state index in [0.717, 1.165) is 28.0 Å². The smallest absolute Gasteiger partial charge is 0.167 e. The number of hydrogen-bond donors (Lipinski definition) is 0. The van der Waals surface area contributed by atoms with Crippen LogP contribution in [-0.4, -0.2) is 12.9 Å². The highest BCUT2D eigenvalue weighted by molar-refractivity contribution is 5.99. The topological polar surface area (TPSA) is 26.3 Å². The van der Waals surface area contributed by atoms with Crippen LogP contribution < -0.4 is 4.74 Å². The van der Waals surface area contributed by atoms with Gasteiger partial charge in [0.2, 0.25) is 0 Å². The van der Waals surface area contributed by atoms with Gasteiger partial charge in [-0.1, -0.05) is 29.8 Å². The average Bonchev–Trinajstić information content (AvgIpc) is 2.41. The zero-order chi connectivity index (χ0) is 13.8. The van der Waals surface area contributed by atoms with Crippen molar-refractivity contribution in [2.45, 2.75) is 20.3 Å². The molecule has 0 atom stereocenters. The zero-order valence-corrected chi connectivity index (χ0v) is 11.6. The molecule has 2 nitrogen and oxygen atoms in total. The molecule has 0 aliphatic carbocycles. The fourth-order valence-corrected chi connectivity index (χ4v) is 2.10. The Bertz CT molecular complexity index is 600. The lowest BCUT2D eigenvalue weighted by Crippen LogP contribution is -2.06. The number of benzene rings is 2. The van der Waals surface area contributed by atoms with Gasteiger partial charge < -0.3 is 4.74 Å². The van der Waals surface area contributed by atoms with Crippen LogP contribution in [0.15, 0.2) is 42.5 Å². The van der Waals surface area contributed by atoms with Crippen molar-refractivity contribution in [3.05, 3.63) is 64.7 Å². The molecule has 0 aliphatic rings. The number of carbonyl (C=O) groups is 1. The summed E-state index contributed by atoms with van der Waals surface area (Å²) < 4.78 is 5.17.